The molecular weight excluding hydrogens is 283 g/mol. The molecule has 0 aliphatic heterocycles. The summed E-state index contributed by atoms with van der Waals surface area (Å²) in [6, 6.07) is 4.69. The lowest BCUT2D eigenvalue weighted by atomic mass is 9.83. The van der Waals surface area contributed by atoms with E-state index in [1.54, 1.807) is 6.07 Å². The van der Waals surface area contributed by atoms with E-state index in [0.717, 1.165) is 35.7 Å². The van der Waals surface area contributed by atoms with Crippen molar-refractivity contribution in [3.63, 3.8) is 0 Å². The molecule has 0 saturated heterocycles. The van der Waals surface area contributed by atoms with Crippen LogP contribution in [0.2, 0.25) is 0 Å². The lowest BCUT2D eigenvalue weighted by molar-refractivity contribution is 0.00131. The van der Waals surface area contributed by atoms with Crippen LogP contribution in [-0.4, -0.2) is 10.7 Å². The molecule has 0 bridgehead atoms. The first-order chi connectivity index (χ1) is 8.05. The van der Waals surface area contributed by atoms with Crippen LogP contribution in [-0.2, 0) is 6.42 Å². The molecule has 1 aliphatic rings. The van der Waals surface area contributed by atoms with Gasteiger partial charge in [-0.25, -0.2) is 4.39 Å². The summed E-state index contributed by atoms with van der Waals surface area (Å²) in [5.41, 5.74) is 0.393. The van der Waals surface area contributed by atoms with E-state index in [4.69, 9.17) is 0 Å². The molecule has 0 radical (unpaired) electrons. The number of aliphatic hydroxyl groups is 1. The summed E-state index contributed by atoms with van der Waals surface area (Å²) in [5.74, 6) is 0.130. The molecule has 1 aromatic carbocycles. The second-order valence-corrected chi connectivity index (χ2v) is 5.87. The molecule has 3 heteroatoms. The minimum absolute atomic E-state index is 0.244. The maximum atomic E-state index is 13.0. The van der Waals surface area contributed by atoms with Crippen molar-refractivity contribution in [3.05, 3.63) is 34.1 Å². The van der Waals surface area contributed by atoms with E-state index >= 15 is 0 Å². The Morgan fingerprint density at radius 1 is 1.53 bits per heavy atom. The van der Waals surface area contributed by atoms with Crippen molar-refractivity contribution >= 4 is 15.9 Å². The van der Waals surface area contributed by atoms with Gasteiger partial charge in [0.2, 0.25) is 0 Å². The van der Waals surface area contributed by atoms with Gasteiger partial charge in [0.05, 0.1) is 5.60 Å². The van der Waals surface area contributed by atoms with Gasteiger partial charge in [-0.2, -0.15) is 0 Å². The van der Waals surface area contributed by atoms with Gasteiger partial charge >= 0.3 is 0 Å². The quantitative estimate of drug-likeness (QED) is 0.892. The van der Waals surface area contributed by atoms with Gasteiger partial charge < -0.3 is 5.11 Å². The van der Waals surface area contributed by atoms with Crippen molar-refractivity contribution in [3.8, 4) is 0 Å². The van der Waals surface area contributed by atoms with Gasteiger partial charge in [-0.05, 0) is 36.5 Å². The Bertz CT molecular complexity index is 407. The van der Waals surface area contributed by atoms with Crippen molar-refractivity contribution in [1.29, 1.82) is 0 Å². The number of rotatable bonds is 3. The molecule has 1 aliphatic carbocycles. The lowest BCUT2D eigenvalue weighted by Gasteiger charge is -2.30. The number of hydrogen-bond donors (Lipinski definition) is 1. The van der Waals surface area contributed by atoms with Gasteiger partial charge in [-0.3, -0.25) is 0 Å². The van der Waals surface area contributed by atoms with Gasteiger partial charge in [-0.1, -0.05) is 41.8 Å². The minimum atomic E-state index is -0.602. The van der Waals surface area contributed by atoms with Gasteiger partial charge in [-0.15, -0.1) is 0 Å². The molecule has 2 atom stereocenters. The van der Waals surface area contributed by atoms with Crippen molar-refractivity contribution in [2.75, 3.05) is 0 Å². The molecule has 0 aromatic heterocycles. The largest absolute Gasteiger partial charge is 0.389 e. The monoisotopic (exact) mass is 300 g/mol. The van der Waals surface area contributed by atoms with Crippen LogP contribution < -0.4 is 0 Å². The van der Waals surface area contributed by atoms with Gasteiger partial charge in [0.25, 0.3) is 0 Å². The highest BCUT2D eigenvalue weighted by molar-refractivity contribution is 9.10. The van der Waals surface area contributed by atoms with Gasteiger partial charge in [0, 0.05) is 10.9 Å². The summed E-state index contributed by atoms with van der Waals surface area (Å²) in [4.78, 5) is 0. The zero-order valence-corrected chi connectivity index (χ0v) is 11.6. The fourth-order valence-corrected chi connectivity index (χ4v) is 3.43. The van der Waals surface area contributed by atoms with E-state index in [0.29, 0.717) is 12.3 Å². The average Bonchev–Trinajstić information content (AvgIpc) is 2.64. The van der Waals surface area contributed by atoms with Crippen LogP contribution >= 0.6 is 15.9 Å². The second kappa shape index (κ2) is 5.07. The van der Waals surface area contributed by atoms with Crippen molar-refractivity contribution < 1.29 is 9.50 Å². The first-order valence-electron chi connectivity index (χ1n) is 6.21. The summed E-state index contributed by atoms with van der Waals surface area (Å²) in [6.07, 6.45) is 4.68. The van der Waals surface area contributed by atoms with E-state index in [1.165, 1.54) is 12.1 Å². The van der Waals surface area contributed by atoms with E-state index in [-0.39, 0.29) is 5.82 Å². The molecule has 0 heterocycles. The Labute approximate surface area is 110 Å². The van der Waals surface area contributed by atoms with E-state index in [2.05, 4.69) is 22.9 Å². The smallest absolute Gasteiger partial charge is 0.124 e. The van der Waals surface area contributed by atoms with Crippen LogP contribution in [0.1, 0.15) is 38.2 Å². The molecule has 0 amide bonds. The van der Waals surface area contributed by atoms with Crippen LogP contribution in [0.25, 0.3) is 0 Å². The predicted octanol–water partition coefficient (Wildman–Crippen LogP) is 4.07. The fourth-order valence-electron chi connectivity index (χ4n) is 2.94. The molecule has 1 saturated carbocycles. The normalized spacial score (nSPS) is 28.6. The third-order valence-corrected chi connectivity index (χ3v) is 4.66. The first kappa shape index (κ1) is 13.0. The molecule has 1 nitrogen and oxygen atoms in total. The molecule has 1 aromatic rings. The van der Waals surface area contributed by atoms with Gasteiger partial charge in [0.15, 0.2) is 0 Å². The zero-order chi connectivity index (χ0) is 12.5. The highest BCUT2D eigenvalue weighted by atomic mass is 79.9. The Kier molecular flexibility index (Phi) is 3.88. The maximum Gasteiger partial charge on any atom is 0.124 e. The van der Waals surface area contributed by atoms with E-state index < -0.39 is 5.60 Å². The highest BCUT2D eigenvalue weighted by Gasteiger charge is 2.40. The standard InChI is InChI=1S/C14H18BrFO/c1-2-11-4-3-7-14(11,17)9-10-5-6-12(16)8-13(10)15/h5-6,8,11,17H,2-4,7,9H2,1H3. The SMILES string of the molecule is CCC1CCCC1(O)Cc1ccc(F)cc1Br. The third kappa shape index (κ3) is 2.71. The van der Waals surface area contributed by atoms with Crippen LogP contribution in [0.15, 0.2) is 22.7 Å². The van der Waals surface area contributed by atoms with Crippen LogP contribution in [0.5, 0.6) is 0 Å². The summed E-state index contributed by atoms with van der Waals surface area (Å²) in [7, 11) is 0. The lowest BCUT2D eigenvalue weighted by Crippen LogP contribution is -2.35. The molecule has 17 heavy (non-hydrogen) atoms. The maximum absolute atomic E-state index is 13.0. The number of hydrogen-bond acceptors (Lipinski definition) is 1. The van der Waals surface area contributed by atoms with Crippen molar-refractivity contribution in [2.24, 2.45) is 5.92 Å². The van der Waals surface area contributed by atoms with E-state index in [1.807, 2.05) is 0 Å². The number of halogens is 2. The summed E-state index contributed by atoms with van der Waals surface area (Å²) in [5, 5.41) is 10.7. The fraction of sp³-hybridized carbons (Fsp3) is 0.571. The predicted molar refractivity (Wildman–Crippen MR) is 70.4 cm³/mol. The molecule has 1 fully saturated rings. The molecule has 2 rings (SSSR count). The molecule has 1 N–H and O–H groups in total. The molecule has 2 unspecified atom stereocenters. The topological polar surface area (TPSA) is 20.2 Å². The second-order valence-electron chi connectivity index (χ2n) is 5.01. The van der Waals surface area contributed by atoms with Crippen LogP contribution in [0.4, 0.5) is 4.39 Å². The molecule has 0 spiro atoms. The average molecular weight is 301 g/mol. The molecule has 94 valence electrons. The zero-order valence-electron chi connectivity index (χ0n) is 10.0. The summed E-state index contributed by atoms with van der Waals surface area (Å²) in [6.45, 7) is 2.13. The number of benzene rings is 1. The van der Waals surface area contributed by atoms with Crippen molar-refractivity contribution in [1.82, 2.24) is 0 Å². The third-order valence-electron chi connectivity index (χ3n) is 3.93. The Morgan fingerprint density at radius 3 is 2.94 bits per heavy atom. The van der Waals surface area contributed by atoms with Crippen LogP contribution in [0.3, 0.4) is 0 Å². The van der Waals surface area contributed by atoms with Crippen LogP contribution in [0, 0.1) is 11.7 Å². The first-order valence-corrected chi connectivity index (χ1v) is 7.01. The minimum Gasteiger partial charge on any atom is -0.389 e. The summed E-state index contributed by atoms with van der Waals surface area (Å²) < 4.78 is 13.8. The Balaban J connectivity index is 2.19. The van der Waals surface area contributed by atoms with Crippen molar-refractivity contribution in [2.45, 2.75) is 44.6 Å². The Hall–Kier alpha value is -0.410. The van der Waals surface area contributed by atoms with E-state index in [9.17, 15) is 9.50 Å². The highest BCUT2D eigenvalue weighted by Crippen LogP contribution is 2.40. The molecular formula is C14H18BrFO. The van der Waals surface area contributed by atoms with Gasteiger partial charge in [0.1, 0.15) is 5.82 Å². The Morgan fingerprint density at radius 2 is 2.29 bits per heavy atom. The summed E-state index contributed by atoms with van der Waals surface area (Å²) >= 11 is 3.37.